The fraction of sp³-hybridized carbons (Fsp3) is 0.0213. The average Bonchev–Trinajstić information content (AvgIpc) is 3.90. The van der Waals surface area contributed by atoms with Gasteiger partial charge in [-0.2, -0.15) is 0 Å². The van der Waals surface area contributed by atoms with Crippen LogP contribution in [0.1, 0.15) is 10.9 Å². The Bertz CT molecular complexity index is 2960. The normalized spacial score (nSPS) is 14.2. The first-order chi connectivity index (χ1) is 25.3. The third kappa shape index (κ3) is 4.50. The van der Waals surface area contributed by atoms with Crippen LogP contribution in [-0.4, -0.2) is 4.57 Å². The predicted molar refractivity (Wildman–Crippen MR) is 221 cm³/mol. The van der Waals surface area contributed by atoms with Gasteiger partial charge in [0.15, 0.2) is 0 Å². The summed E-state index contributed by atoms with van der Waals surface area (Å²) in [6.45, 7) is 0. The summed E-state index contributed by atoms with van der Waals surface area (Å²) >= 11 is 3.82. The third-order valence-corrected chi connectivity index (χ3v) is 12.9. The molecule has 0 amide bonds. The first-order valence-electron chi connectivity index (χ1n) is 17.4. The van der Waals surface area contributed by atoms with Crippen molar-refractivity contribution in [1.82, 2.24) is 4.57 Å². The van der Waals surface area contributed by atoms with Crippen LogP contribution < -0.4 is 5.32 Å². The number of thiophene rings is 1. The average molecular weight is 687 g/mol. The summed E-state index contributed by atoms with van der Waals surface area (Å²) in [5, 5.41) is 11.8. The summed E-state index contributed by atoms with van der Waals surface area (Å²) in [7, 11) is 0. The second kappa shape index (κ2) is 11.4. The lowest BCUT2D eigenvalue weighted by Gasteiger charge is -2.15. The van der Waals surface area contributed by atoms with Crippen molar-refractivity contribution in [2.24, 2.45) is 0 Å². The van der Waals surface area contributed by atoms with Gasteiger partial charge < -0.3 is 9.88 Å². The summed E-state index contributed by atoms with van der Waals surface area (Å²) < 4.78 is 5.18. The minimum absolute atomic E-state index is 0.152. The molecule has 0 spiro atoms. The standard InChI is InChI=1S/C47H30N2S2/c1-3-11-29(12-4-1)32-21-25-41-38(27-32)39-28-37(30-13-5-2-6-14-30)34-15-7-8-16-35(34)45(39)49(41)33-22-19-31(20-23-33)47-48-40-24-26-43-44(46(40)51-47)36-17-9-10-18-42(36)50-43/h1-28,47-48H. The Labute approximate surface area is 303 Å². The zero-order chi connectivity index (χ0) is 33.5. The number of hydrogen-bond donors (Lipinski definition) is 1. The number of anilines is 1. The van der Waals surface area contributed by atoms with Gasteiger partial charge in [-0.25, -0.2) is 0 Å². The lowest BCUT2D eigenvalue weighted by molar-refractivity contribution is 1.12. The third-order valence-electron chi connectivity index (χ3n) is 10.4. The van der Waals surface area contributed by atoms with Crippen LogP contribution in [0, 0.1) is 0 Å². The van der Waals surface area contributed by atoms with E-state index in [-0.39, 0.29) is 5.37 Å². The van der Waals surface area contributed by atoms with Gasteiger partial charge in [0.1, 0.15) is 5.37 Å². The summed E-state index contributed by atoms with van der Waals surface area (Å²) in [5.74, 6) is 0. The Morgan fingerprint density at radius 3 is 2.00 bits per heavy atom. The van der Waals surface area contributed by atoms with Gasteiger partial charge >= 0.3 is 0 Å². The van der Waals surface area contributed by atoms with Gasteiger partial charge in [-0.05, 0) is 81.7 Å². The van der Waals surface area contributed by atoms with Crippen LogP contribution in [0.3, 0.4) is 0 Å². The molecule has 8 aromatic carbocycles. The van der Waals surface area contributed by atoms with E-state index in [2.05, 4.69) is 180 Å². The Balaban J connectivity index is 1.08. The van der Waals surface area contributed by atoms with Gasteiger partial charge in [-0.3, -0.25) is 0 Å². The van der Waals surface area contributed by atoms with Crippen molar-refractivity contribution in [2.45, 2.75) is 10.3 Å². The van der Waals surface area contributed by atoms with E-state index in [0.717, 1.165) is 5.69 Å². The summed E-state index contributed by atoms with van der Waals surface area (Å²) in [5.41, 5.74) is 11.1. The zero-order valence-electron chi connectivity index (χ0n) is 27.5. The topological polar surface area (TPSA) is 17.0 Å². The van der Waals surface area contributed by atoms with Crippen molar-refractivity contribution in [3.8, 4) is 27.9 Å². The van der Waals surface area contributed by atoms with Crippen LogP contribution in [0.4, 0.5) is 5.69 Å². The molecule has 2 nitrogen and oxygen atoms in total. The van der Waals surface area contributed by atoms with Crippen LogP contribution in [0.2, 0.25) is 0 Å². The lowest BCUT2D eigenvalue weighted by atomic mass is 9.94. The van der Waals surface area contributed by atoms with E-state index < -0.39 is 0 Å². The van der Waals surface area contributed by atoms with Gasteiger partial charge in [0, 0.05) is 52.6 Å². The molecule has 0 saturated carbocycles. The molecule has 0 aliphatic carbocycles. The van der Waals surface area contributed by atoms with Crippen LogP contribution >= 0.6 is 23.1 Å². The molecule has 240 valence electrons. The molecule has 1 unspecified atom stereocenters. The smallest absolute Gasteiger partial charge is 0.103 e. The van der Waals surface area contributed by atoms with Gasteiger partial charge in [-0.1, -0.05) is 133 Å². The molecule has 10 aromatic rings. The van der Waals surface area contributed by atoms with E-state index >= 15 is 0 Å². The maximum Gasteiger partial charge on any atom is 0.103 e. The molecule has 0 bridgehead atoms. The highest BCUT2D eigenvalue weighted by atomic mass is 32.2. The van der Waals surface area contributed by atoms with Gasteiger partial charge in [0.2, 0.25) is 0 Å². The van der Waals surface area contributed by atoms with E-state index in [0.29, 0.717) is 0 Å². The molecule has 1 aliphatic heterocycles. The number of fused-ring (bicyclic) bond motifs is 10. The molecule has 0 radical (unpaired) electrons. The lowest BCUT2D eigenvalue weighted by Crippen LogP contribution is -2.02. The highest BCUT2D eigenvalue weighted by molar-refractivity contribution is 8.00. The largest absolute Gasteiger partial charge is 0.368 e. The number of hydrogen-bond acceptors (Lipinski definition) is 3. The Hall–Kier alpha value is -5.81. The summed E-state index contributed by atoms with van der Waals surface area (Å²) in [4.78, 5) is 1.36. The maximum absolute atomic E-state index is 3.84. The van der Waals surface area contributed by atoms with E-state index in [1.54, 1.807) is 0 Å². The van der Waals surface area contributed by atoms with Gasteiger partial charge in [-0.15, -0.1) is 11.3 Å². The van der Waals surface area contributed by atoms with Crippen molar-refractivity contribution in [2.75, 3.05) is 5.32 Å². The van der Waals surface area contributed by atoms with Crippen LogP contribution in [-0.2, 0) is 0 Å². The van der Waals surface area contributed by atoms with Crippen molar-refractivity contribution in [1.29, 1.82) is 0 Å². The molecule has 51 heavy (non-hydrogen) atoms. The minimum Gasteiger partial charge on any atom is -0.368 e. The van der Waals surface area contributed by atoms with E-state index in [4.69, 9.17) is 0 Å². The number of nitrogens with one attached hydrogen (secondary N) is 1. The predicted octanol–water partition coefficient (Wildman–Crippen LogP) is 13.9. The summed E-state index contributed by atoms with van der Waals surface area (Å²) in [6.07, 6.45) is 0. The Morgan fingerprint density at radius 1 is 0.490 bits per heavy atom. The van der Waals surface area contributed by atoms with Crippen molar-refractivity contribution in [3.05, 3.63) is 175 Å². The molecule has 1 aliphatic rings. The number of aromatic nitrogens is 1. The van der Waals surface area contributed by atoms with E-state index in [1.165, 1.54) is 91.2 Å². The molecule has 2 aromatic heterocycles. The Kier molecular flexibility index (Phi) is 6.45. The first kappa shape index (κ1) is 29.0. The fourth-order valence-corrected chi connectivity index (χ4v) is 10.6. The number of benzene rings is 8. The molecular formula is C47H30N2S2. The second-order valence-electron chi connectivity index (χ2n) is 13.3. The van der Waals surface area contributed by atoms with E-state index in [1.807, 2.05) is 23.1 Å². The van der Waals surface area contributed by atoms with Crippen LogP contribution in [0.25, 0.3) is 80.7 Å². The SMILES string of the molecule is c1ccc(-c2ccc3c(c2)c2cc(-c4ccccc4)c4ccccc4c2n3-c2ccc(C3Nc4ccc5sc6ccccc6c5c4S3)cc2)cc1. The minimum atomic E-state index is 0.152. The first-order valence-corrected chi connectivity index (χ1v) is 19.1. The van der Waals surface area contributed by atoms with E-state index in [9.17, 15) is 0 Å². The number of thioether (sulfide) groups is 1. The molecule has 4 heteroatoms. The highest BCUT2D eigenvalue weighted by Crippen LogP contribution is 2.53. The van der Waals surface area contributed by atoms with Crippen molar-refractivity contribution in [3.63, 3.8) is 0 Å². The van der Waals surface area contributed by atoms with Crippen molar-refractivity contribution >= 4 is 81.5 Å². The van der Waals surface area contributed by atoms with Crippen molar-refractivity contribution < 1.29 is 0 Å². The monoisotopic (exact) mass is 686 g/mol. The quantitative estimate of drug-likeness (QED) is 0.198. The number of rotatable bonds is 4. The second-order valence-corrected chi connectivity index (χ2v) is 15.5. The molecular weight excluding hydrogens is 657 g/mol. The molecule has 0 fully saturated rings. The number of nitrogens with zero attached hydrogens (tertiary/aromatic N) is 1. The van der Waals surface area contributed by atoms with Gasteiger partial charge in [0.05, 0.1) is 11.0 Å². The Morgan fingerprint density at radius 2 is 1.20 bits per heavy atom. The van der Waals surface area contributed by atoms with Gasteiger partial charge in [0.25, 0.3) is 0 Å². The molecule has 3 heterocycles. The highest BCUT2D eigenvalue weighted by Gasteiger charge is 2.27. The zero-order valence-corrected chi connectivity index (χ0v) is 29.1. The van der Waals surface area contributed by atoms with Crippen LogP contribution in [0.15, 0.2) is 175 Å². The molecule has 1 N–H and O–H groups in total. The summed E-state index contributed by atoms with van der Waals surface area (Å²) in [6, 6.07) is 62.3. The fourth-order valence-electron chi connectivity index (χ4n) is 8.07. The maximum atomic E-state index is 3.84. The molecule has 1 atom stereocenters. The molecule has 11 rings (SSSR count). The van der Waals surface area contributed by atoms with Crippen LogP contribution in [0.5, 0.6) is 0 Å². The molecule has 0 saturated heterocycles.